The lowest BCUT2D eigenvalue weighted by molar-refractivity contribution is -0.143. The number of halogens is 1. The van der Waals surface area contributed by atoms with Crippen LogP contribution >= 0.6 is 0 Å². The largest absolute Gasteiger partial charge is 0.467 e. The molecule has 0 saturated heterocycles. The fourth-order valence-corrected chi connectivity index (χ4v) is 1.58. The van der Waals surface area contributed by atoms with E-state index in [4.69, 9.17) is 0 Å². The molecule has 0 spiro atoms. The molecule has 5 nitrogen and oxygen atoms in total. The first kappa shape index (κ1) is 15.8. The number of rotatable bonds is 6. The summed E-state index contributed by atoms with van der Waals surface area (Å²) >= 11 is 0. The van der Waals surface area contributed by atoms with Crippen LogP contribution in [0.25, 0.3) is 0 Å². The molecule has 0 aliphatic rings. The second-order valence-corrected chi connectivity index (χ2v) is 4.30. The van der Waals surface area contributed by atoms with E-state index in [1.165, 1.54) is 26.2 Å². The third-order valence-electron chi connectivity index (χ3n) is 2.68. The number of carbonyl (C=O) groups excluding carboxylic acids is 3. The van der Waals surface area contributed by atoms with Crippen molar-refractivity contribution in [1.82, 2.24) is 5.32 Å². The molecule has 0 heterocycles. The molecule has 1 atom stereocenters. The SMILES string of the molecule is COC(=O)[C@H](CCC(C)=O)NC(=O)c1ccc(F)cc1. The lowest BCUT2D eigenvalue weighted by atomic mass is 10.1. The van der Waals surface area contributed by atoms with E-state index in [0.717, 1.165) is 12.1 Å². The van der Waals surface area contributed by atoms with Crippen LogP contribution in [0.2, 0.25) is 0 Å². The van der Waals surface area contributed by atoms with Crippen molar-refractivity contribution in [1.29, 1.82) is 0 Å². The Morgan fingerprint density at radius 1 is 1.25 bits per heavy atom. The summed E-state index contributed by atoms with van der Waals surface area (Å²) < 4.78 is 17.3. The summed E-state index contributed by atoms with van der Waals surface area (Å²) in [6.45, 7) is 1.40. The van der Waals surface area contributed by atoms with Gasteiger partial charge in [-0.15, -0.1) is 0 Å². The molecule has 0 bridgehead atoms. The van der Waals surface area contributed by atoms with E-state index in [1.54, 1.807) is 0 Å². The predicted octanol–water partition coefficient (Wildman–Crippen LogP) is 1.47. The Morgan fingerprint density at radius 3 is 2.35 bits per heavy atom. The number of amides is 1. The van der Waals surface area contributed by atoms with Crippen LogP contribution in [0, 0.1) is 5.82 Å². The molecule has 1 aromatic carbocycles. The summed E-state index contributed by atoms with van der Waals surface area (Å²) in [7, 11) is 1.20. The minimum absolute atomic E-state index is 0.0880. The number of ether oxygens (including phenoxy) is 1. The first-order chi connectivity index (χ1) is 9.43. The van der Waals surface area contributed by atoms with Crippen molar-refractivity contribution in [3.63, 3.8) is 0 Å². The molecule has 0 aliphatic heterocycles. The summed E-state index contributed by atoms with van der Waals surface area (Å²) in [6.07, 6.45) is 0.318. The van der Waals surface area contributed by atoms with Crippen molar-refractivity contribution < 1.29 is 23.5 Å². The van der Waals surface area contributed by atoms with Crippen LogP contribution in [0.4, 0.5) is 4.39 Å². The van der Waals surface area contributed by atoms with Gasteiger partial charge >= 0.3 is 5.97 Å². The first-order valence-electron chi connectivity index (χ1n) is 6.07. The number of Topliss-reactive ketones (excluding diaryl/α,β-unsaturated/α-hetero) is 1. The molecule has 1 amide bonds. The van der Waals surface area contributed by atoms with Crippen molar-refractivity contribution in [2.24, 2.45) is 0 Å². The molecular weight excluding hydrogens is 265 g/mol. The minimum atomic E-state index is -0.901. The maximum absolute atomic E-state index is 12.8. The first-order valence-corrected chi connectivity index (χ1v) is 6.07. The Labute approximate surface area is 116 Å². The van der Waals surface area contributed by atoms with Gasteiger partial charge in [-0.1, -0.05) is 0 Å². The highest BCUT2D eigenvalue weighted by Crippen LogP contribution is 2.06. The summed E-state index contributed by atoms with van der Waals surface area (Å²) in [5.41, 5.74) is 0.225. The van der Waals surface area contributed by atoms with Crippen LogP contribution < -0.4 is 5.32 Å². The Morgan fingerprint density at radius 2 is 1.85 bits per heavy atom. The van der Waals surface area contributed by atoms with E-state index >= 15 is 0 Å². The number of hydrogen-bond acceptors (Lipinski definition) is 4. The molecule has 1 rings (SSSR count). The highest BCUT2D eigenvalue weighted by atomic mass is 19.1. The monoisotopic (exact) mass is 281 g/mol. The lowest BCUT2D eigenvalue weighted by Crippen LogP contribution is -2.41. The predicted molar refractivity (Wildman–Crippen MR) is 69.6 cm³/mol. The minimum Gasteiger partial charge on any atom is -0.467 e. The fourth-order valence-electron chi connectivity index (χ4n) is 1.58. The lowest BCUT2D eigenvalue weighted by Gasteiger charge is -2.15. The van der Waals surface area contributed by atoms with E-state index in [0.29, 0.717) is 0 Å². The maximum atomic E-state index is 12.8. The van der Waals surface area contributed by atoms with Gasteiger partial charge < -0.3 is 14.8 Å². The standard InChI is InChI=1S/C14H16FNO4/c1-9(17)3-8-12(14(19)20-2)16-13(18)10-4-6-11(15)7-5-10/h4-7,12H,3,8H2,1-2H3,(H,16,18)/t12-/m0/s1. The quantitative estimate of drug-likeness (QED) is 0.801. The zero-order valence-corrected chi connectivity index (χ0v) is 11.3. The van der Waals surface area contributed by atoms with Gasteiger partial charge in [-0.3, -0.25) is 4.79 Å². The summed E-state index contributed by atoms with van der Waals surface area (Å²) in [5.74, 6) is -1.69. The number of benzene rings is 1. The van der Waals surface area contributed by atoms with Gasteiger partial charge in [0.1, 0.15) is 17.6 Å². The molecule has 6 heteroatoms. The average molecular weight is 281 g/mol. The van der Waals surface area contributed by atoms with Gasteiger partial charge in [-0.05, 0) is 37.6 Å². The summed E-state index contributed by atoms with van der Waals surface area (Å²) in [4.78, 5) is 34.4. The number of nitrogens with one attached hydrogen (secondary N) is 1. The van der Waals surface area contributed by atoms with Crippen molar-refractivity contribution >= 4 is 17.7 Å². The molecule has 0 fully saturated rings. The molecule has 0 saturated carbocycles. The van der Waals surface area contributed by atoms with Crippen LogP contribution in [0.1, 0.15) is 30.1 Å². The Balaban J connectivity index is 2.72. The van der Waals surface area contributed by atoms with E-state index in [-0.39, 0.29) is 24.2 Å². The zero-order valence-electron chi connectivity index (χ0n) is 11.3. The van der Waals surface area contributed by atoms with Gasteiger partial charge in [0.25, 0.3) is 5.91 Å². The Bertz CT molecular complexity index is 498. The molecule has 0 radical (unpaired) electrons. The van der Waals surface area contributed by atoms with Crippen molar-refractivity contribution in [3.8, 4) is 0 Å². The van der Waals surface area contributed by atoms with Crippen molar-refractivity contribution in [3.05, 3.63) is 35.6 Å². The highest BCUT2D eigenvalue weighted by Gasteiger charge is 2.22. The van der Waals surface area contributed by atoms with Crippen molar-refractivity contribution in [2.45, 2.75) is 25.8 Å². The van der Waals surface area contributed by atoms with Crippen LogP contribution in [0.15, 0.2) is 24.3 Å². The van der Waals surface area contributed by atoms with E-state index in [1.807, 2.05) is 0 Å². The molecule has 108 valence electrons. The summed E-state index contributed by atoms with van der Waals surface area (Å²) in [6, 6.07) is 4.02. The molecule has 20 heavy (non-hydrogen) atoms. The molecule has 0 aliphatic carbocycles. The second-order valence-electron chi connectivity index (χ2n) is 4.30. The molecule has 0 aromatic heterocycles. The normalized spacial score (nSPS) is 11.6. The van der Waals surface area contributed by atoms with Gasteiger partial charge in [0.15, 0.2) is 0 Å². The average Bonchev–Trinajstić information content (AvgIpc) is 2.42. The number of methoxy groups -OCH3 is 1. The second kappa shape index (κ2) is 7.37. The van der Waals surface area contributed by atoms with E-state index in [2.05, 4.69) is 10.1 Å². The topological polar surface area (TPSA) is 72.5 Å². The van der Waals surface area contributed by atoms with Gasteiger partial charge in [0.2, 0.25) is 0 Å². The number of ketones is 1. The molecule has 0 unspecified atom stereocenters. The van der Waals surface area contributed by atoms with Gasteiger partial charge in [-0.25, -0.2) is 9.18 Å². The van der Waals surface area contributed by atoms with Gasteiger partial charge in [0, 0.05) is 12.0 Å². The van der Waals surface area contributed by atoms with Crippen LogP contribution in [-0.2, 0) is 14.3 Å². The number of hydrogen-bond donors (Lipinski definition) is 1. The van der Waals surface area contributed by atoms with E-state index < -0.39 is 23.7 Å². The molecule has 1 N–H and O–H groups in total. The third-order valence-corrected chi connectivity index (χ3v) is 2.68. The Hall–Kier alpha value is -2.24. The van der Waals surface area contributed by atoms with Gasteiger partial charge in [-0.2, -0.15) is 0 Å². The third kappa shape index (κ3) is 4.79. The fraction of sp³-hybridized carbons (Fsp3) is 0.357. The smallest absolute Gasteiger partial charge is 0.328 e. The van der Waals surface area contributed by atoms with Crippen LogP contribution in [0.3, 0.4) is 0 Å². The number of carbonyl (C=O) groups is 3. The van der Waals surface area contributed by atoms with E-state index in [9.17, 15) is 18.8 Å². The highest BCUT2D eigenvalue weighted by molar-refractivity contribution is 5.96. The van der Waals surface area contributed by atoms with Crippen LogP contribution in [-0.4, -0.2) is 30.8 Å². The summed E-state index contributed by atoms with van der Waals surface area (Å²) in [5, 5.41) is 2.47. The number of esters is 1. The van der Waals surface area contributed by atoms with Crippen molar-refractivity contribution in [2.75, 3.05) is 7.11 Å². The molecular formula is C14H16FNO4. The van der Waals surface area contributed by atoms with Crippen LogP contribution in [0.5, 0.6) is 0 Å². The Kier molecular flexibility index (Phi) is 5.83. The zero-order chi connectivity index (χ0) is 15.1. The molecule has 1 aromatic rings. The van der Waals surface area contributed by atoms with Gasteiger partial charge in [0.05, 0.1) is 7.11 Å². The maximum Gasteiger partial charge on any atom is 0.328 e.